The summed E-state index contributed by atoms with van der Waals surface area (Å²) in [6, 6.07) is 1.29. The Morgan fingerprint density at radius 2 is 1.88 bits per heavy atom. The van der Waals surface area contributed by atoms with E-state index in [2.05, 4.69) is 15.1 Å². The number of halogens is 3. The maximum atomic E-state index is 12.9. The van der Waals surface area contributed by atoms with Gasteiger partial charge in [-0.25, -0.2) is 4.98 Å². The van der Waals surface area contributed by atoms with Crippen LogP contribution in [0.5, 0.6) is 0 Å². The Morgan fingerprint density at radius 1 is 1.24 bits per heavy atom. The number of piperazine rings is 1. The van der Waals surface area contributed by atoms with Gasteiger partial charge in [0.15, 0.2) is 0 Å². The summed E-state index contributed by atoms with van der Waals surface area (Å²) in [7, 11) is 0. The summed E-state index contributed by atoms with van der Waals surface area (Å²) in [6.45, 7) is 5.60. The van der Waals surface area contributed by atoms with Crippen molar-refractivity contribution in [2.75, 3.05) is 31.1 Å². The third-order valence-corrected chi connectivity index (χ3v) is 4.27. The molecule has 11 heteroatoms. The van der Waals surface area contributed by atoms with Gasteiger partial charge in [-0.2, -0.15) is 22.7 Å². The van der Waals surface area contributed by atoms with Crippen LogP contribution in [-0.2, 0) is 11.0 Å². The topological polar surface area (TPSA) is 92.7 Å². The number of nitrogens with zero attached hydrogens (tertiary/aromatic N) is 6. The zero-order valence-corrected chi connectivity index (χ0v) is 13.8. The van der Waals surface area contributed by atoms with Gasteiger partial charge in [-0.3, -0.25) is 9.69 Å². The number of fused-ring (bicyclic) bond motifs is 1. The molecule has 1 aliphatic heterocycles. The Morgan fingerprint density at radius 3 is 2.44 bits per heavy atom. The third-order valence-electron chi connectivity index (χ3n) is 4.27. The number of hydrogen-bond donors (Lipinski definition) is 1. The van der Waals surface area contributed by atoms with E-state index in [0.717, 1.165) is 4.52 Å². The molecule has 2 aromatic rings. The summed E-state index contributed by atoms with van der Waals surface area (Å²) >= 11 is 0. The van der Waals surface area contributed by atoms with Gasteiger partial charge in [0, 0.05) is 37.9 Å². The predicted octanol–water partition coefficient (Wildman–Crippen LogP) is 0.447. The van der Waals surface area contributed by atoms with Crippen LogP contribution in [0, 0.1) is 6.92 Å². The minimum absolute atomic E-state index is 0.0877. The number of aromatic nitrogens is 4. The summed E-state index contributed by atoms with van der Waals surface area (Å²) in [5, 5.41) is 3.57. The molecule has 2 N–H and O–H groups in total. The van der Waals surface area contributed by atoms with Crippen molar-refractivity contribution in [3.05, 3.63) is 17.6 Å². The maximum absolute atomic E-state index is 12.9. The Kier molecular flexibility index (Phi) is 4.27. The van der Waals surface area contributed by atoms with Crippen LogP contribution in [0.1, 0.15) is 18.4 Å². The zero-order valence-electron chi connectivity index (χ0n) is 13.8. The number of anilines is 1. The monoisotopic (exact) mass is 357 g/mol. The molecule has 3 heterocycles. The van der Waals surface area contributed by atoms with Crippen LogP contribution in [0.4, 0.5) is 19.0 Å². The zero-order chi connectivity index (χ0) is 18.4. The van der Waals surface area contributed by atoms with Crippen LogP contribution in [0.3, 0.4) is 0 Å². The number of primary amides is 1. The highest BCUT2D eigenvalue weighted by Crippen LogP contribution is 2.28. The molecule has 0 radical (unpaired) electrons. The second-order valence-corrected chi connectivity index (χ2v) is 6.00. The normalized spacial score (nSPS) is 17.9. The van der Waals surface area contributed by atoms with E-state index in [0.29, 0.717) is 37.7 Å². The lowest BCUT2D eigenvalue weighted by molar-refractivity contribution is -0.144. The number of nitrogens with two attached hydrogens (primary N) is 1. The van der Waals surface area contributed by atoms with E-state index in [1.54, 1.807) is 19.9 Å². The molecule has 3 rings (SSSR count). The summed E-state index contributed by atoms with van der Waals surface area (Å²) < 4.78 is 39.8. The van der Waals surface area contributed by atoms with Crippen molar-refractivity contribution < 1.29 is 18.0 Å². The van der Waals surface area contributed by atoms with Gasteiger partial charge in [0.1, 0.15) is 5.82 Å². The lowest BCUT2D eigenvalue weighted by Gasteiger charge is -2.37. The minimum atomic E-state index is -4.63. The Balaban J connectivity index is 1.89. The fraction of sp³-hybridized carbons (Fsp3) is 0.571. The van der Waals surface area contributed by atoms with Crippen molar-refractivity contribution in [2.24, 2.45) is 5.73 Å². The molecule has 1 aliphatic rings. The van der Waals surface area contributed by atoms with Crippen molar-refractivity contribution in [3.63, 3.8) is 0 Å². The van der Waals surface area contributed by atoms with Gasteiger partial charge in [0.05, 0.1) is 6.04 Å². The molecule has 0 bridgehead atoms. The first-order valence-electron chi connectivity index (χ1n) is 7.77. The first-order valence-corrected chi connectivity index (χ1v) is 7.77. The van der Waals surface area contributed by atoms with Crippen molar-refractivity contribution in [2.45, 2.75) is 26.1 Å². The van der Waals surface area contributed by atoms with Gasteiger partial charge in [-0.15, -0.1) is 5.10 Å². The summed E-state index contributed by atoms with van der Waals surface area (Å²) in [5.41, 5.74) is 5.87. The van der Waals surface area contributed by atoms with Crippen molar-refractivity contribution >= 4 is 17.5 Å². The highest BCUT2D eigenvalue weighted by atomic mass is 19.4. The molecular weight excluding hydrogens is 339 g/mol. The molecule has 0 spiro atoms. The molecule has 0 aromatic carbocycles. The first-order chi connectivity index (χ1) is 11.7. The minimum Gasteiger partial charge on any atom is -0.368 e. The number of carbonyl (C=O) groups is 1. The van der Waals surface area contributed by atoms with Gasteiger partial charge in [-0.05, 0) is 13.8 Å². The Labute approximate surface area is 141 Å². The second kappa shape index (κ2) is 6.14. The molecule has 0 aliphatic carbocycles. The SMILES string of the molecule is Cc1cc(N2CCN(C(C)C(N)=O)CC2)n2nc(C(F)(F)F)nc2n1. The van der Waals surface area contributed by atoms with Gasteiger partial charge >= 0.3 is 6.18 Å². The predicted molar refractivity (Wildman–Crippen MR) is 83.0 cm³/mol. The molecule has 2 aromatic heterocycles. The molecular formula is C14H18F3N7O. The second-order valence-electron chi connectivity index (χ2n) is 6.00. The number of rotatable bonds is 3. The van der Waals surface area contributed by atoms with Gasteiger partial charge in [0.2, 0.25) is 5.91 Å². The van der Waals surface area contributed by atoms with E-state index in [9.17, 15) is 18.0 Å². The van der Waals surface area contributed by atoms with Crippen molar-refractivity contribution in [3.8, 4) is 0 Å². The van der Waals surface area contributed by atoms with Crippen LogP contribution < -0.4 is 10.6 Å². The first kappa shape index (κ1) is 17.4. The van der Waals surface area contributed by atoms with Crippen molar-refractivity contribution in [1.82, 2.24) is 24.5 Å². The molecule has 1 atom stereocenters. The Bertz CT molecular complexity index is 796. The number of amides is 1. The van der Waals surface area contributed by atoms with E-state index in [-0.39, 0.29) is 11.8 Å². The number of aryl methyl sites for hydroxylation is 1. The van der Waals surface area contributed by atoms with Crippen LogP contribution in [0.25, 0.3) is 5.78 Å². The van der Waals surface area contributed by atoms with Crippen LogP contribution >= 0.6 is 0 Å². The van der Waals surface area contributed by atoms with Crippen LogP contribution in [0.2, 0.25) is 0 Å². The van der Waals surface area contributed by atoms with Gasteiger partial charge in [-0.1, -0.05) is 0 Å². The molecule has 1 amide bonds. The van der Waals surface area contributed by atoms with Crippen molar-refractivity contribution in [1.29, 1.82) is 0 Å². The number of alkyl halides is 3. The highest BCUT2D eigenvalue weighted by molar-refractivity contribution is 5.79. The molecule has 8 nitrogen and oxygen atoms in total. The highest BCUT2D eigenvalue weighted by Gasteiger charge is 2.37. The summed E-state index contributed by atoms with van der Waals surface area (Å²) in [4.78, 5) is 22.6. The number of carbonyl (C=O) groups excluding carboxylic acids is 1. The third kappa shape index (κ3) is 3.36. The molecule has 1 saturated heterocycles. The molecule has 1 fully saturated rings. The van der Waals surface area contributed by atoms with E-state index in [1.807, 2.05) is 9.80 Å². The van der Waals surface area contributed by atoms with Gasteiger partial charge < -0.3 is 10.6 Å². The molecule has 1 unspecified atom stereocenters. The van der Waals surface area contributed by atoms with Crippen LogP contribution in [-0.4, -0.2) is 62.6 Å². The standard InChI is InChI=1S/C14H18F3N7O/c1-8-7-10(23-5-3-22(4-6-23)9(2)11(18)25)24-13(19-8)20-12(21-24)14(15,16)17/h7,9H,3-6H2,1-2H3,(H2,18,25). The fourth-order valence-corrected chi connectivity index (χ4v) is 2.83. The lowest BCUT2D eigenvalue weighted by Crippen LogP contribution is -2.53. The molecule has 25 heavy (non-hydrogen) atoms. The van der Waals surface area contributed by atoms with Gasteiger partial charge in [0.25, 0.3) is 11.6 Å². The van der Waals surface area contributed by atoms with E-state index < -0.39 is 17.9 Å². The van der Waals surface area contributed by atoms with Crippen LogP contribution in [0.15, 0.2) is 6.07 Å². The fourth-order valence-electron chi connectivity index (χ4n) is 2.83. The van der Waals surface area contributed by atoms with E-state index in [1.165, 1.54) is 0 Å². The Hall–Kier alpha value is -2.43. The maximum Gasteiger partial charge on any atom is 0.453 e. The smallest absolute Gasteiger partial charge is 0.368 e. The van der Waals surface area contributed by atoms with E-state index in [4.69, 9.17) is 5.73 Å². The average Bonchev–Trinajstić information content (AvgIpc) is 2.97. The quantitative estimate of drug-likeness (QED) is 0.857. The lowest BCUT2D eigenvalue weighted by atomic mass is 10.2. The van der Waals surface area contributed by atoms with E-state index >= 15 is 0 Å². The molecule has 0 saturated carbocycles. The largest absolute Gasteiger partial charge is 0.453 e. The number of hydrogen-bond acceptors (Lipinski definition) is 6. The average molecular weight is 357 g/mol. The summed E-state index contributed by atoms with van der Waals surface area (Å²) in [6.07, 6.45) is -4.63. The molecule has 136 valence electrons. The summed E-state index contributed by atoms with van der Waals surface area (Å²) in [5.74, 6) is -1.21.